The van der Waals surface area contributed by atoms with Gasteiger partial charge in [0.05, 0.1) is 6.54 Å². The summed E-state index contributed by atoms with van der Waals surface area (Å²) in [5.41, 5.74) is 4.74. The van der Waals surface area contributed by atoms with E-state index in [0.717, 1.165) is 5.56 Å². The van der Waals surface area contributed by atoms with E-state index >= 15 is 0 Å². The van der Waals surface area contributed by atoms with Crippen molar-refractivity contribution < 1.29 is 0 Å². The van der Waals surface area contributed by atoms with Crippen LogP contribution in [0, 0.1) is 6.92 Å². The SMILES string of the molecule is Cc1ccc(Cn2nnc(-c3ccc(C(C)C)cc3)n2)cc1. The fourth-order valence-corrected chi connectivity index (χ4v) is 2.30. The van der Waals surface area contributed by atoms with Gasteiger partial charge >= 0.3 is 0 Å². The standard InChI is InChI=1S/C18H20N4/c1-13(2)16-8-10-17(11-9-16)18-19-21-22(20-18)12-15-6-4-14(3)5-7-15/h4-11,13H,12H2,1-3H3. The predicted molar refractivity (Wildman–Crippen MR) is 87.6 cm³/mol. The molecule has 4 nitrogen and oxygen atoms in total. The molecule has 0 aliphatic carbocycles. The molecule has 0 aliphatic heterocycles. The van der Waals surface area contributed by atoms with Crippen LogP contribution >= 0.6 is 0 Å². The normalized spacial score (nSPS) is 11.1. The zero-order valence-corrected chi connectivity index (χ0v) is 13.2. The molecular weight excluding hydrogens is 272 g/mol. The van der Waals surface area contributed by atoms with Crippen molar-refractivity contribution in [2.75, 3.05) is 0 Å². The van der Waals surface area contributed by atoms with Crippen molar-refractivity contribution in [3.8, 4) is 11.4 Å². The zero-order valence-electron chi connectivity index (χ0n) is 13.2. The molecule has 3 aromatic rings. The van der Waals surface area contributed by atoms with Crippen molar-refractivity contribution in [1.29, 1.82) is 0 Å². The maximum atomic E-state index is 4.47. The van der Waals surface area contributed by atoms with Crippen LogP contribution in [0.25, 0.3) is 11.4 Å². The summed E-state index contributed by atoms with van der Waals surface area (Å²) in [6, 6.07) is 16.7. The summed E-state index contributed by atoms with van der Waals surface area (Å²) >= 11 is 0. The van der Waals surface area contributed by atoms with Crippen LogP contribution in [0.5, 0.6) is 0 Å². The van der Waals surface area contributed by atoms with Gasteiger partial charge in [-0.05, 0) is 29.2 Å². The first kappa shape index (κ1) is 14.4. The van der Waals surface area contributed by atoms with Gasteiger partial charge in [0.1, 0.15) is 0 Å². The van der Waals surface area contributed by atoms with Crippen molar-refractivity contribution in [3.05, 3.63) is 65.2 Å². The molecule has 0 bridgehead atoms. The van der Waals surface area contributed by atoms with Crippen LogP contribution in [-0.4, -0.2) is 20.2 Å². The Morgan fingerprint density at radius 1 is 0.955 bits per heavy atom. The van der Waals surface area contributed by atoms with Crippen molar-refractivity contribution in [3.63, 3.8) is 0 Å². The Labute approximate surface area is 130 Å². The number of nitrogens with zero attached hydrogens (tertiary/aromatic N) is 4. The highest BCUT2D eigenvalue weighted by molar-refractivity contribution is 5.54. The van der Waals surface area contributed by atoms with E-state index in [2.05, 4.69) is 84.7 Å². The second-order valence-corrected chi connectivity index (χ2v) is 5.91. The third-order valence-corrected chi connectivity index (χ3v) is 3.73. The molecule has 0 atom stereocenters. The molecule has 0 unspecified atom stereocenters. The summed E-state index contributed by atoms with van der Waals surface area (Å²) in [7, 11) is 0. The van der Waals surface area contributed by atoms with Gasteiger partial charge in [0.2, 0.25) is 5.82 Å². The van der Waals surface area contributed by atoms with Crippen molar-refractivity contribution in [2.45, 2.75) is 33.2 Å². The third kappa shape index (κ3) is 3.22. The molecular formula is C18H20N4. The minimum Gasteiger partial charge on any atom is -0.159 e. The molecule has 4 heteroatoms. The van der Waals surface area contributed by atoms with E-state index in [0.29, 0.717) is 18.3 Å². The highest BCUT2D eigenvalue weighted by Gasteiger charge is 2.07. The number of tetrazole rings is 1. The zero-order chi connectivity index (χ0) is 15.5. The summed E-state index contributed by atoms with van der Waals surface area (Å²) in [6.45, 7) is 7.09. The lowest BCUT2D eigenvalue weighted by Gasteiger charge is -2.04. The average Bonchev–Trinajstić information content (AvgIpc) is 2.98. The molecule has 112 valence electrons. The van der Waals surface area contributed by atoms with Crippen molar-refractivity contribution in [1.82, 2.24) is 20.2 Å². The minimum absolute atomic E-state index is 0.527. The van der Waals surface area contributed by atoms with Crippen LogP contribution in [0.4, 0.5) is 0 Å². The molecule has 0 N–H and O–H groups in total. The monoisotopic (exact) mass is 292 g/mol. The topological polar surface area (TPSA) is 43.6 Å². The Bertz CT molecular complexity index is 740. The van der Waals surface area contributed by atoms with Crippen LogP contribution in [0.3, 0.4) is 0 Å². The van der Waals surface area contributed by atoms with E-state index in [-0.39, 0.29) is 0 Å². The quantitative estimate of drug-likeness (QED) is 0.734. The largest absolute Gasteiger partial charge is 0.204 e. The van der Waals surface area contributed by atoms with Gasteiger partial charge in [0.15, 0.2) is 0 Å². The lowest BCUT2D eigenvalue weighted by Crippen LogP contribution is -2.03. The summed E-state index contributed by atoms with van der Waals surface area (Å²) in [5.74, 6) is 1.20. The van der Waals surface area contributed by atoms with E-state index in [1.165, 1.54) is 16.7 Å². The highest BCUT2D eigenvalue weighted by Crippen LogP contribution is 2.19. The van der Waals surface area contributed by atoms with Crippen LogP contribution in [-0.2, 0) is 6.54 Å². The fourth-order valence-electron chi connectivity index (χ4n) is 2.30. The number of rotatable bonds is 4. The first-order valence-electron chi connectivity index (χ1n) is 7.55. The number of benzene rings is 2. The number of aryl methyl sites for hydroxylation is 1. The summed E-state index contributed by atoms with van der Waals surface area (Å²) in [4.78, 5) is 1.64. The predicted octanol–water partition coefficient (Wildman–Crippen LogP) is 3.82. The average molecular weight is 292 g/mol. The number of hydrogen-bond acceptors (Lipinski definition) is 3. The first-order chi connectivity index (χ1) is 10.6. The van der Waals surface area contributed by atoms with Gasteiger partial charge in [0, 0.05) is 5.56 Å². The van der Waals surface area contributed by atoms with Gasteiger partial charge in [0.25, 0.3) is 0 Å². The maximum Gasteiger partial charge on any atom is 0.204 e. The molecule has 0 radical (unpaired) electrons. The van der Waals surface area contributed by atoms with Gasteiger partial charge in [-0.2, -0.15) is 4.80 Å². The second kappa shape index (κ2) is 6.10. The van der Waals surface area contributed by atoms with Crippen LogP contribution in [0.15, 0.2) is 48.5 Å². The fraction of sp³-hybridized carbons (Fsp3) is 0.278. The van der Waals surface area contributed by atoms with Gasteiger partial charge < -0.3 is 0 Å². The third-order valence-electron chi connectivity index (χ3n) is 3.73. The molecule has 2 aromatic carbocycles. The molecule has 3 rings (SSSR count). The second-order valence-electron chi connectivity index (χ2n) is 5.91. The number of hydrogen-bond donors (Lipinski definition) is 0. The van der Waals surface area contributed by atoms with Crippen molar-refractivity contribution >= 4 is 0 Å². The van der Waals surface area contributed by atoms with Crippen LogP contribution in [0.2, 0.25) is 0 Å². The molecule has 0 spiro atoms. The molecule has 0 fully saturated rings. The van der Waals surface area contributed by atoms with E-state index in [1.54, 1.807) is 4.80 Å². The molecule has 22 heavy (non-hydrogen) atoms. The van der Waals surface area contributed by atoms with E-state index < -0.39 is 0 Å². The summed E-state index contributed by atoms with van der Waals surface area (Å²) < 4.78 is 0. The summed E-state index contributed by atoms with van der Waals surface area (Å²) in [6.07, 6.45) is 0. The Morgan fingerprint density at radius 2 is 1.64 bits per heavy atom. The van der Waals surface area contributed by atoms with Gasteiger partial charge in [-0.3, -0.25) is 0 Å². The lowest BCUT2D eigenvalue weighted by atomic mass is 10.0. The smallest absolute Gasteiger partial charge is 0.159 e. The van der Waals surface area contributed by atoms with E-state index in [1.807, 2.05) is 0 Å². The minimum atomic E-state index is 0.527. The lowest BCUT2D eigenvalue weighted by molar-refractivity contribution is 0.573. The molecule has 0 saturated heterocycles. The van der Waals surface area contributed by atoms with Crippen LogP contribution < -0.4 is 0 Å². The molecule has 0 aliphatic rings. The molecule has 0 amide bonds. The van der Waals surface area contributed by atoms with E-state index in [4.69, 9.17) is 0 Å². The van der Waals surface area contributed by atoms with Crippen molar-refractivity contribution in [2.24, 2.45) is 0 Å². The van der Waals surface area contributed by atoms with E-state index in [9.17, 15) is 0 Å². The maximum absolute atomic E-state index is 4.47. The summed E-state index contributed by atoms with van der Waals surface area (Å²) in [5, 5.41) is 12.8. The Kier molecular flexibility index (Phi) is 4.00. The highest BCUT2D eigenvalue weighted by atomic mass is 15.6. The van der Waals surface area contributed by atoms with Gasteiger partial charge in [-0.1, -0.05) is 67.9 Å². The van der Waals surface area contributed by atoms with Gasteiger partial charge in [-0.15, -0.1) is 10.2 Å². The molecule has 0 saturated carbocycles. The van der Waals surface area contributed by atoms with Gasteiger partial charge in [-0.25, -0.2) is 0 Å². The Balaban J connectivity index is 1.77. The van der Waals surface area contributed by atoms with Crippen LogP contribution in [0.1, 0.15) is 36.5 Å². The Morgan fingerprint density at radius 3 is 2.27 bits per heavy atom. The number of aromatic nitrogens is 4. The first-order valence-corrected chi connectivity index (χ1v) is 7.55. The molecule has 1 aromatic heterocycles. The Hall–Kier alpha value is -2.49. The molecule has 1 heterocycles.